The molecule has 0 aromatic heterocycles. The highest BCUT2D eigenvalue weighted by Gasteiger charge is 2.15. The molecule has 1 unspecified atom stereocenters. The third-order valence-corrected chi connectivity index (χ3v) is 11.0. The molecule has 0 aromatic rings. The Labute approximate surface area is 342 Å². The van der Waals surface area contributed by atoms with E-state index in [4.69, 9.17) is 9.47 Å². The van der Waals surface area contributed by atoms with Crippen molar-refractivity contribution in [3.8, 4) is 0 Å². The van der Waals surface area contributed by atoms with E-state index < -0.39 is 0 Å². The third-order valence-electron chi connectivity index (χ3n) is 11.0. The fourth-order valence-electron chi connectivity index (χ4n) is 7.28. The first-order valence-electron chi connectivity index (χ1n) is 24.2. The van der Waals surface area contributed by atoms with Gasteiger partial charge < -0.3 is 19.7 Å². The van der Waals surface area contributed by atoms with E-state index in [0.717, 1.165) is 96.8 Å². The van der Waals surface area contributed by atoms with Gasteiger partial charge in [0.25, 0.3) is 0 Å². The molecule has 7 nitrogen and oxygen atoms in total. The molecule has 1 N–H and O–H groups in total. The summed E-state index contributed by atoms with van der Waals surface area (Å²) in [4.78, 5) is 39.5. The highest BCUT2D eigenvalue weighted by atomic mass is 16.5. The van der Waals surface area contributed by atoms with Crippen LogP contribution in [0, 0.1) is 5.92 Å². The quantitative estimate of drug-likeness (QED) is 0.0490. The van der Waals surface area contributed by atoms with Crippen molar-refractivity contribution in [1.29, 1.82) is 0 Å². The molecule has 55 heavy (non-hydrogen) atoms. The Morgan fingerprint density at radius 1 is 0.473 bits per heavy atom. The highest BCUT2D eigenvalue weighted by molar-refractivity contribution is 5.77. The first kappa shape index (κ1) is 53.4. The second-order valence-electron chi connectivity index (χ2n) is 16.9. The van der Waals surface area contributed by atoms with Crippen LogP contribution in [-0.2, 0) is 23.9 Å². The fraction of sp³-hybridized carbons (Fsp3) is 0.938. The predicted molar refractivity (Wildman–Crippen MR) is 235 cm³/mol. The molecule has 0 heterocycles. The molecule has 0 rings (SSSR count). The van der Waals surface area contributed by atoms with Crippen LogP contribution in [0.25, 0.3) is 0 Å². The van der Waals surface area contributed by atoms with Gasteiger partial charge in [-0.15, -0.1) is 0 Å². The van der Waals surface area contributed by atoms with Crippen molar-refractivity contribution in [1.82, 2.24) is 10.2 Å². The van der Waals surface area contributed by atoms with Crippen LogP contribution < -0.4 is 5.32 Å². The number of nitrogens with one attached hydrogen (secondary N) is 1. The van der Waals surface area contributed by atoms with E-state index in [9.17, 15) is 14.4 Å². The van der Waals surface area contributed by atoms with Gasteiger partial charge in [0.15, 0.2) is 0 Å². The summed E-state index contributed by atoms with van der Waals surface area (Å²) < 4.78 is 11.5. The molecule has 0 radical (unpaired) electrons. The monoisotopic (exact) mass is 779 g/mol. The van der Waals surface area contributed by atoms with Crippen LogP contribution in [0.3, 0.4) is 0 Å². The number of unbranched alkanes of at least 4 members (excludes halogenated alkanes) is 23. The summed E-state index contributed by atoms with van der Waals surface area (Å²) in [6, 6.07) is 0. The van der Waals surface area contributed by atoms with E-state index in [1.54, 1.807) is 0 Å². The molecule has 1 atom stereocenters. The Kier molecular flexibility index (Phi) is 40.7. The van der Waals surface area contributed by atoms with E-state index in [0.29, 0.717) is 19.4 Å². The van der Waals surface area contributed by atoms with E-state index in [2.05, 4.69) is 31.0 Å². The number of hydrogen-bond acceptors (Lipinski definition) is 6. The van der Waals surface area contributed by atoms with Gasteiger partial charge in [0, 0.05) is 25.3 Å². The van der Waals surface area contributed by atoms with Gasteiger partial charge >= 0.3 is 11.9 Å². The van der Waals surface area contributed by atoms with Gasteiger partial charge in [0.1, 0.15) is 6.10 Å². The lowest BCUT2D eigenvalue weighted by Crippen LogP contribution is -2.33. The number of hydrogen-bond donors (Lipinski definition) is 1. The van der Waals surface area contributed by atoms with E-state index in [-0.39, 0.29) is 29.9 Å². The maximum Gasteiger partial charge on any atom is 0.306 e. The smallest absolute Gasteiger partial charge is 0.306 e. The zero-order chi connectivity index (χ0) is 40.5. The second kappa shape index (κ2) is 42.0. The first-order valence-corrected chi connectivity index (χ1v) is 24.2. The Balaban J connectivity index is 4.33. The minimum atomic E-state index is -0.0300. The van der Waals surface area contributed by atoms with Gasteiger partial charge in [0.2, 0.25) is 5.91 Å². The molecule has 1 amide bonds. The minimum absolute atomic E-state index is 0.0130. The van der Waals surface area contributed by atoms with Gasteiger partial charge in [-0.05, 0) is 83.8 Å². The Bertz CT molecular complexity index is 850. The highest BCUT2D eigenvalue weighted by Crippen LogP contribution is 2.18. The van der Waals surface area contributed by atoms with E-state index >= 15 is 0 Å². The van der Waals surface area contributed by atoms with Crippen molar-refractivity contribution >= 4 is 17.8 Å². The summed E-state index contributed by atoms with van der Waals surface area (Å²) in [5, 5.41) is 3.07. The largest absolute Gasteiger partial charge is 0.466 e. The fourth-order valence-corrected chi connectivity index (χ4v) is 7.28. The van der Waals surface area contributed by atoms with Gasteiger partial charge in [-0.3, -0.25) is 14.4 Å². The van der Waals surface area contributed by atoms with Crippen LogP contribution in [0.2, 0.25) is 0 Å². The minimum Gasteiger partial charge on any atom is -0.466 e. The van der Waals surface area contributed by atoms with Crippen LogP contribution in [0.5, 0.6) is 0 Å². The molecule has 0 saturated carbocycles. The third kappa shape index (κ3) is 39.0. The summed E-state index contributed by atoms with van der Waals surface area (Å²) in [7, 11) is 0. The SMILES string of the molecule is CCCCCCCCCOC(=O)CCCCCCCN(CCCCCCCC(=O)OC(CCCCCCC)CCCCCCCC)CCCNC(=O)C(C)C. The molecule has 326 valence electrons. The van der Waals surface area contributed by atoms with Gasteiger partial charge in [-0.1, -0.05) is 169 Å². The standard InChI is InChI=1S/C48H94N2O5/c1-6-9-12-15-17-26-33-43-54-46(51)37-29-22-18-24-31-40-50(42-34-39-49-48(53)44(4)5)41-32-25-19-23-30-38-47(52)55-45(35-27-20-14-11-8-3)36-28-21-16-13-10-7-2/h44-45H,6-43H2,1-5H3,(H,49,53). The summed E-state index contributed by atoms with van der Waals surface area (Å²) >= 11 is 0. The summed E-state index contributed by atoms with van der Waals surface area (Å²) in [6.07, 6.45) is 37.9. The number of ether oxygens (including phenoxy) is 2. The summed E-state index contributed by atoms with van der Waals surface area (Å²) in [6.45, 7) is 15.1. The number of esters is 2. The molecule has 0 aliphatic carbocycles. The van der Waals surface area contributed by atoms with E-state index in [1.807, 2.05) is 13.8 Å². The second-order valence-corrected chi connectivity index (χ2v) is 16.9. The molecule has 0 aromatic carbocycles. The number of carbonyl (C=O) groups excluding carboxylic acids is 3. The lowest BCUT2D eigenvalue weighted by atomic mass is 10.0. The molecule has 0 saturated heterocycles. The maximum absolute atomic E-state index is 12.8. The van der Waals surface area contributed by atoms with Crippen LogP contribution >= 0.6 is 0 Å². The number of amides is 1. The maximum atomic E-state index is 12.8. The number of nitrogens with zero attached hydrogens (tertiary/aromatic N) is 1. The Morgan fingerprint density at radius 2 is 0.873 bits per heavy atom. The Hall–Kier alpha value is -1.63. The van der Waals surface area contributed by atoms with Crippen molar-refractivity contribution in [2.24, 2.45) is 5.92 Å². The normalized spacial score (nSPS) is 12.1. The zero-order valence-electron chi connectivity index (χ0n) is 37.5. The summed E-state index contributed by atoms with van der Waals surface area (Å²) in [5.41, 5.74) is 0. The lowest BCUT2D eigenvalue weighted by molar-refractivity contribution is -0.150. The van der Waals surface area contributed by atoms with E-state index in [1.165, 1.54) is 128 Å². The molecular weight excluding hydrogens is 685 g/mol. The molecular formula is C48H94N2O5. The molecule has 0 spiro atoms. The Morgan fingerprint density at radius 3 is 1.36 bits per heavy atom. The predicted octanol–water partition coefficient (Wildman–Crippen LogP) is 13.4. The molecule has 0 aliphatic rings. The topological polar surface area (TPSA) is 84.9 Å². The van der Waals surface area contributed by atoms with Crippen molar-refractivity contribution in [3.05, 3.63) is 0 Å². The molecule has 7 heteroatoms. The lowest BCUT2D eigenvalue weighted by Gasteiger charge is -2.22. The number of carbonyl (C=O) groups is 3. The van der Waals surface area contributed by atoms with Crippen LogP contribution in [0.1, 0.15) is 247 Å². The van der Waals surface area contributed by atoms with Crippen LogP contribution in [0.4, 0.5) is 0 Å². The number of rotatable bonds is 43. The van der Waals surface area contributed by atoms with Gasteiger partial charge in [0.05, 0.1) is 6.61 Å². The average Bonchev–Trinajstić information content (AvgIpc) is 3.17. The van der Waals surface area contributed by atoms with Gasteiger partial charge in [-0.25, -0.2) is 0 Å². The van der Waals surface area contributed by atoms with Crippen LogP contribution in [0.15, 0.2) is 0 Å². The first-order chi connectivity index (χ1) is 26.8. The van der Waals surface area contributed by atoms with Crippen molar-refractivity contribution in [3.63, 3.8) is 0 Å². The zero-order valence-corrected chi connectivity index (χ0v) is 37.5. The van der Waals surface area contributed by atoms with Gasteiger partial charge in [-0.2, -0.15) is 0 Å². The van der Waals surface area contributed by atoms with Crippen molar-refractivity contribution in [2.45, 2.75) is 253 Å². The molecule has 0 fully saturated rings. The molecule has 0 bridgehead atoms. The van der Waals surface area contributed by atoms with Crippen molar-refractivity contribution in [2.75, 3.05) is 32.8 Å². The molecule has 0 aliphatic heterocycles. The average molecular weight is 779 g/mol. The van der Waals surface area contributed by atoms with Crippen LogP contribution in [-0.4, -0.2) is 61.6 Å². The summed E-state index contributed by atoms with van der Waals surface area (Å²) in [5.74, 6) is 0.140. The van der Waals surface area contributed by atoms with Crippen molar-refractivity contribution < 1.29 is 23.9 Å².